The maximum atomic E-state index is 13.6. The van der Waals surface area contributed by atoms with Gasteiger partial charge in [0.1, 0.15) is 28.3 Å². The van der Waals surface area contributed by atoms with Crippen molar-refractivity contribution in [2.24, 2.45) is 7.05 Å². The van der Waals surface area contributed by atoms with Gasteiger partial charge in [0, 0.05) is 36.3 Å². The van der Waals surface area contributed by atoms with Gasteiger partial charge in [0.05, 0.1) is 0 Å². The number of hydrogen-bond acceptors (Lipinski definition) is 4. The number of benzene rings is 2. The summed E-state index contributed by atoms with van der Waals surface area (Å²) in [5, 5.41) is 3.32. The molecule has 1 amide bonds. The molecule has 7 nitrogen and oxygen atoms in total. The molecular formula is C31H36FN3O4. The topological polar surface area (TPSA) is 85.3 Å². The van der Waals surface area contributed by atoms with Gasteiger partial charge in [-0.15, -0.1) is 0 Å². The van der Waals surface area contributed by atoms with Crippen LogP contribution in [-0.2, 0) is 17.6 Å². The van der Waals surface area contributed by atoms with Crippen LogP contribution in [0, 0.1) is 13.8 Å². The molecule has 0 spiro atoms. The first-order valence-electron chi connectivity index (χ1n) is 13.1. The number of H-pyrrole nitrogens is 1. The number of halogens is 1. The minimum atomic E-state index is -1.22. The molecule has 2 heterocycles. The molecule has 0 radical (unpaired) electrons. The Morgan fingerprint density at radius 1 is 1.10 bits per heavy atom. The summed E-state index contributed by atoms with van der Waals surface area (Å²) >= 11 is 0. The molecular weight excluding hydrogens is 497 g/mol. The first-order chi connectivity index (χ1) is 18.4. The fourth-order valence-corrected chi connectivity index (χ4v) is 4.76. The number of rotatable bonds is 8. The van der Waals surface area contributed by atoms with Gasteiger partial charge in [-0.3, -0.25) is 9.59 Å². The van der Waals surface area contributed by atoms with Crippen LogP contribution < -0.4 is 15.6 Å². The largest absolute Gasteiger partial charge is 0.456 e. The van der Waals surface area contributed by atoms with Crippen LogP contribution in [-0.4, -0.2) is 22.0 Å². The van der Waals surface area contributed by atoms with Crippen LogP contribution >= 0.6 is 0 Å². The van der Waals surface area contributed by atoms with Crippen LogP contribution in [0.4, 0.5) is 4.53 Å². The van der Waals surface area contributed by atoms with Crippen LogP contribution in [0.1, 0.15) is 73.3 Å². The minimum Gasteiger partial charge on any atom is -0.456 e. The van der Waals surface area contributed by atoms with Crippen molar-refractivity contribution >= 4 is 16.8 Å². The van der Waals surface area contributed by atoms with Crippen molar-refractivity contribution in [2.45, 2.75) is 60.0 Å². The molecule has 0 atom stereocenters. The number of ether oxygens (including phenoxy) is 1. The lowest BCUT2D eigenvalue weighted by molar-refractivity contribution is -0.227. The molecule has 4 aromatic rings. The van der Waals surface area contributed by atoms with Crippen molar-refractivity contribution in [3.05, 3.63) is 80.9 Å². The highest BCUT2D eigenvalue weighted by atomic mass is 19.3. The van der Waals surface area contributed by atoms with E-state index in [4.69, 9.17) is 4.74 Å². The molecule has 0 fully saturated rings. The second kappa shape index (κ2) is 10.7. The van der Waals surface area contributed by atoms with Crippen molar-refractivity contribution in [1.82, 2.24) is 14.9 Å². The van der Waals surface area contributed by atoms with E-state index in [1.54, 1.807) is 51.4 Å². The molecule has 39 heavy (non-hydrogen) atoms. The number of carbonyl (C=O) groups excluding carboxylic acids is 1. The molecule has 206 valence electrons. The first kappa shape index (κ1) is 28.1. The third-order valence-electron chi connectivity index (χ3n) is 7.07. The molecule has 8 heteroatoms. The van der Waals surface area contributed by atoms with Crippen molar-refractivity contribution in [2.75, 3.05) is 6.54 Å². The Hall–Kier alpha value is -3.91. The lowest BCUT2D eigenvalue weighted by atomic mass is 9.93. The zero-order valence-electron chi connectivity index (χ0n) is 23.8. The summed E-state index contributed by atoms with van der Waals surface area (Å²) in [5.74, 6) is 1.32. The van der Waals surface area contributed by atoms with Crippen LogP contribution in [0.15, 0.2) is 47.4 Å². The molecule has 2 aromatic heterocycles. The maximum Gasteiger partial charge on any atom is 0.274 e. The van der Waals surface area contributed by atoms with E-state index in [1.165, 1.54) is 10.1 Å². The molecule has 4 rings (SSSR count). The third-order valence-corrected chi connectivity index (χ3v) is 7.07. The maximum absolute atomic E-state index is 13.6. The summed E-state index contributed by atoms with van der Waals surface area (Å²) < 4.78 is 21.6. The summed E-state index contributed by atoms with van der Waals surface area (Å²) in [7, 11) is 1.65. The van der Waals surface area contributed by atoms with Gasteiger partial charge in [0.25, 0.3) is 11.5 Å². The number of fused-ring (bicyclic) bond motifs is 1. The Labute approximate surface area is 227 Å². The lowest BCUT2D eigenvalue weighted by Crippen LogP contribution is -2.23. The van der Waals surface area contributed by atoms with Gasteiger partial charge in [-0.2, -0.15) is 4.94 Å². The number of aromatic amines is 1. The van der Waals surface area contributed by atoms with Gasteiger partial charge in [0.15, 0.2) is 0 Å². The third kappa shape index (κ3) is 5.34. The van der Waals surface area contributed by atoms with Gasteiger partial charge in [-0.05, 0) is 85.5 Å². The smallest absolute Gasteiger partial charge is 0.274 e. The van der Waals surface area contributed by atoms with E-state index in [-0.39, 0.29) is 17.2 Å². The second-order valence-electron chi connectivity index (χ2n) is 10.8. The number of amides is 1. The molecule has 0 saturated carbocycles. The van der Waals surface area contributed by atoms with Crippen LogP contribution in [0.5, 0.6) is 11.5 Å². The van der Waals surface area contributed by atoms with E-state index in [9.17, 15) is 14.1 Å². The SMILES string of the molecule is CCNC(=O)c1cc2c(-c3cc(C(C)(C)OF)ccc3Oc3c(C)cc(C(C)C)cc3C)cn(C)c(=O)c2[nH]1. The summed E-state index contributed by atoms with van der Waals surface area (Å²) in [6, 6.07) is 11.3. The lowest BCUT2D eigenvalue weighted by Gasteiger charge is -2.23. The summed E-state index contributed by atoms with van der Waals surface area (Å²) in [6.07, 6.45) is 1.71. The van der Waals surface area contributed by atoms with E-state index in [0.29, 0.717) is 45.8 Å². The molecule has 0 aliphatic rings. The predicted octanol–water partition coefficient (Wildman–Crippen LogP) is 6.95. The van der Waals surface area contributed by atoms with Gasteiger partial charge >= 0.3 is 0 Å². The molecule has 0 saturated heterocycles. The predicted molar refractivity (Wildman–Crippen MR) is 152 cm³/mol. The van der Waals surface area contributed by atoms with Crippen molar-refractivity contribution < 1.29 is 19.0 Å². The number of pyridine rings is 1. The number of aryl methyl sites for hydroxylation is 3. The van der Waals surface area contributed by atoms with E-state index >= 15 is 0 Å². The summed E-state index contributed by atoms with van der Waals surface area (Å²) in [4.78, 5) is 32.9. The van der Waals surface area contributed by atoms with E-state index in [2.05, 4.69) is 41.2 Å². The number of aromatic nitrogens is 2. The zero-order chi connectivity index (χ0) is 28.6. The highest BCUT2D eigenvalue weighted by molar-refractivity contribution is 6.03. The standard InChI is InChI=1S/C31H36FN3O4/c1-9-33-29(36)25-15-23-24(16-35(8)30(37)27(23)34-25)22-14-21(31(6,7)39-32)10-11-26(22)38-28-18(4)12-20(17(2)3)13-19(28)5/h10-17,34H,9H2,1-8H3,(H,33,36). The molecule has 0 unspecified atom stereocenters. The van der Waals surface area contributed by atoms with Crippen molar-refractivity contribution in [3.8, 4) is 22.6 Å². The zero-order valence-corrected chi connectivity index (χ0v) is 23.8. The number of carbonyl (C=O) groups is 1. The summed E-state index contributed by atoms with van der Waals surface area (Å²) in [5.41, 5.74) is 4.15. The van der Waals surface area contributed by atoms with Gasteiger partial charge < -0.3 is 19.6 Å². The first-order valence-corrected chi connectivity index (χ1v) is 13.1. The monoisotopic (exact) mass is 533 g/mol. The number of hydrogen-bond donors (Lipinski definition) is 2. The molecule has 0 aliphatic heterocycles. The van der Waals surface area contributed by atoms with Crippen molar-refractivity contribution in [1.29, 1.82) is 0 Å². The Morgan fingerprint density at radius 2 is 1.77 bits per heavy atom. The van der Waals surface area contributed by atoms with Crippen LogP contribution in [0.3, 0.4) is 0 Å². The average Bonchev–Trinajstić information content (AvgIpc) is 3.34. The van der Waals surface area contributed by atoms with Crippen LogP contribution in [0.25, 0.3) is 22.0 Å². The van der Waals surface area contributed by atoms with Crippen molar-refractivity contribution in [3.63, 3.8) is 0 Å². The quantitative estimate of drug-likeness (QED) is 0.257. The van der Waals surface area contributed by atoms with E-state index in [0.717, 1.165) is 16.9 Å². The second-order valence-corrected chi connectivity index (χ2v) is 10.8. The minimum absolute atomic E-state index is 0.272. The molecule has 2 aromatic carbocycles. The van der Waals surface area contributed by atoms with Gasteiger partial charge in [-0.25, -0.2) is 0 Å². The van der Waals surface area contributed by atoms with Gasteiger partial charge in [0.2, 0.25) is 0 Å². The normalized spacial score (nSPS) is 11.8. The Balaban J connectivity index is 1.98. The van der Waals surface area contributed by atoms with Crippen LogP contribution in [0.2, 0.25) is 0 Å². The fourth-order valence-electron chi connectivity index (χ4n) is 4.76. The average molecular weight is 534 g/mol. The highest BCUT2D eigenvalue weighted by Gasteiger charge is 2.26. The molecule has 0 bridgehead atoms. The van der Waals surface area contributed by atoms with E-state index < -0.39 is 5.60 Å². The number of nitrogens with zero attached hydrogens (tertiary/aromatic N) is 1. The van der Waals surface area contributed by atoms with Gasteiger partial charge in [-0.1, -0.05) is 32.0 Å². The Kier molecular flexibility index (Phi) is 7.70. The number of nitrogens with one attached hydrogen (secondary N) is 2. The van der Waals surface area contributed by atoms with E-state index in [1.807, 2.05) is 20.8 Å². The molecule has 0 aliphatic carbocycles. The Morgan fingerprint density at radius 3 is 2.36 bits per heavy atom. The molecule has 2 N–H and O–H groups in total. The summed E-state index contributed by atoms with van der Waals surface area (Å²) in [6.45, 7) is 13.9. The highest BCUT2D eigenvalue weighted by Crippen LogP contribution is 2.41. The Bertz CT molecular complexity index is 1590. The fraction of sp³-hybridized carbons (Fsp3) is 0.355.